The maximum atomic E-state index is 13.8. The summed E-state index contributed by atoms with van der Waals surface area (Å²) in [4.78, 5) is 4.57. The Balaban J connectivity index is 2.59. The predicted octanol–water partition coefficient (Wildman–Crippen LogP) is 3.28. The van der Waals surface area contributed by atoms with Crippen LogP contribution in [0.2, 0.25) is 0 Å². The molecule has 1 aromatic heterocycles. The van der Waals surface area contributed by atoms with Crippen molar-refractivity contribution in [3.8, 4) is 11.6 Å². The Morgan fingerprint density at radius 3 is 2.14 bits per heavy atom. The van der Waals surface area contributed by atoms with E-state index in [-0.39, 0.29) is 6.54 Å². The van der Waals surface area contributed by atoms with E-state index in [1.807, 2.05) is 6.92 Å². The molecule has 0 bridgehead atoms. The van der Waals surface area contributed by atoms with Gasteiger partial charge in [-0.25, -0.2) is 8.42 Å². The number of halogens is 6. The van der Waals surface area contributed by atoms with Crippen LogP contribution in [0.1, 0.15) is 33.6 Å². The number of sulfonamides is 1. The second-order valence-electron chi connectivity index (χ2n) is 8.47. The molecule has 202 valence electrons. The predicted molar refractivity (Wildman–Crippen MR) is 113 cm³/mol. The van der Waals surface area contributed by atoms with Gasteiger partial charge in [0.25, 0.3) is 0 Å². The number of pyridine rings is 1. The van der Waals surface area contributed by atoms with Gasteiger partial charge in [-0.15, -0.1) is 0 Å². The first-order valence-corrected chi connectivity index (χ1v) is 13.4. The van der Waals surface area contributed by atoms with Gasteiger partial charge in [0.2, 0.25) is 15.9 Å². The molecule has 2 heterocycles. The largest absolute Gasteiger partial charge is 0.534 e. The van der Waals surface area contributed by atoms with Gasteiger partial charge in [-0.2, -0.15) is 44.0 Å². The van der Waals surface area contributed by atoms with E-state index in [4.69, 9.17) is 4.74 Å². The molecule has 17 heteroatoms. The first kappa shape index (κ1) is 29.2. The zero-order valence-electron chi connectivity index (χ0n) is 19.1. The lowest BCUT2D eigenvalue weighted by Crippen LogP contribution is -2.60. The minimum absolute atomic E-state index is 0.378. The molecular formula is C18H25F6N3O6S2. The molecule has 2 rings (SSSR count). The summed E-state index contributed by atoms with van der Waals surface area (Å²) >= 11 is 0. The fourth-order valence-corrected chi connectivity index (χ4v) is 4.71. The number of aromatic nitrogens is 1. The summed E-state index contributed by atoms with van der Waals surface area (Å²) in [6.45, 7) is 3.08. The minimum atomic E-state index is -6.15. The van der Waals surface area contributed by atoms with E-state index < -0.39 is 74.0 Å². The molecule has 1 unspecified atom stereocenters. The van der Waals surface area contributed by atoms with Crippen LogP contribution in [-0.2, 0) is 20.1 Å². The lowest BCUT2D eigenvalue weighted by molar-refractivity contribution is -0.153. The lowest BCUT2D eigenvalue weighted by Gasteiger charge is -2.41. The highest BCUT2D eigenvalue weighted by molar-refractivity contribution is 7.88. The van der Waals surface area contributed by atoms with Crippen LogP contribution >= 0.6 is 0 Å². The van der Waals surface area contributed by atoms with E-state index in [1.165, 1.54) is 0 Å². The molecule has 35 heavy (non-hydrogen) atoms. The number of ether oxygens (including phenoxy) is 1. The van der Waals surface area contributed by atoms with E-state index in [0.29, 0.717) is 28.1 Å². The molecule has 0 radical (unpaired) electrons. The minimum Gasteiger partial charge on any atom is -0.471 e. The maximum absolute atomic E-state index is 13.8. The Kier molecular flexibility index (Phi) is 8.18. The van der Waals surface area contributed by atoms with Crippen LogP contribution < -0.4 is 13.8 Å². The number of piperazine rings is 1. The van der Waals surface area contributed by atoms with Crippen molar-refractivity contribution in [2.45, 2.75) is 56.9 Å². The molecule has 0 saturated carbocycles. The van der Waals surface area contributed by atoms with Crippen LogP contribution in [0.3, 0.4) is 0 Å². The standard InChI is InChI=1S/C18H25F6N3O6S2/c1-5-6-16(2,3)32-15-10-12(33-35(30,31)18(22,23)24)9-14(25-15)27-8-7-26(34(4,28)29)11-13(27)17(19,20)21/h9-10,13H,5-8,11H2,1-4H3. The van der Waals surface area contributed by atoms with Crippen LogP contribution in [0.5, 0.6) is 11.6 Å². The van der Waals surface area contributed by atoms with E-state index in [0.717, 1.165) is 12.3 Å². The summed E-state index contributed by atoms with van der Waals surface area (Å²) in [6.07, 6.45) is -3.19. The van der Waals surface area contributed by atoms with Crippen molar-refractivity contribution in [3.63, 3.8) is 0 Å². The van der Waals surface area contributed by atoms with Gasteiger partial charge in [-0.05, 0) is 20.3 Å². The number of nitrogens with zero attached hydrogens (tertiary/aromatic N) is 3. The zero-order chi connectivity index (χ0) is 27.0. The molecule has 1 aromatic rings. The quantitative estimate of drug-likeness (QED) is 0.273. The van der Waals surface area contributed by atoms with Gasteiger partial charge in [0.1, 0.15) is 17.5 Å². The second-order valence-corrected chi connectivity index (χ2v) is 12.0. The van der Waals surface area contributed by atoms with Crippen molar-refractivity contribution in [2.75, 3.05) is 30.8 Å². The first-order valence-electron chi connectivity index (χ1n) is 10.2. The molecule has 1 fully saturated rings. The third-order valence-electron chi connectivity index (χ3n) is 4.97. The summed E-state index contributed by atoms with van der Waals surface area (Å²) in [7, 11) is -10.1. The topological polar surface area (TPSA) is 106 Å². The van der Waals surface area contributed by atoms with Crippen molar-refractivity contribution >= 4 is 26.0 Å². The molecule has 1 aliphatic rings. The van der Waals surface area contributed by atoms with Crippen molar-refractivity contribution in [3.05, 3.63) is 12.1 Å². The fraction of sp³-hybridized carbons (Fsp3) is 0.722. The Morgan fingerprint density at radius 1 is 1.06 bits per heavy atom. The summed E-state index contributed by atoms with van der Waals surface area (Å²) in [5, 5.41) is 0. The number of alkyl halides is 6. The van der Waals surface area contributed by atoms with Gasteiger partial charge in [-0.3, -0.25) is 0 Å². The van der Waals surface area contributed by atoms with Crippen molar-refractivity contribution in [1.82, 2.24) is 9.29 Å². The van der Waals surface area contributed by atoms with Gasteiger partial charge in [0.05, 0.1) is 6.26 Å². The average molecular weight is 558 g/mol. The van der Waals surface area contributed by atoms with Gasteiger partial charge < -0.3 is 13.8 Å². The Labute approximate surface area is 199 Å². The van der Waals surface area contributed by atoms with Crippen LogP contribution in [0, 0.1) is 0 Å². The summed E-state index contributed by atoms with van der Waals surface area (Å²) in [5.74, 6) is -2.04. The highest BCUT2D eigenvalue weighted by Crippen LogP contribution is 2.36. The molecule has 0 N–H and O–H groups in total. The first-order chi connectivity index (χ1) is 15.7. The number of hydrogen-bond acceptors (Lipinski definition) is 8. The molecule has 1 atom stereocenters. The van der Waals surface area contributed by atoms with E-state index in [9.17, 15) is 43.2 Å². The molecule has 0 amide bonds. The molecule has 0 aromatic carbocycles. The number of rotatable bonds is 8. The van der Waals surface area contributed by atoms with E-state index >= 15 is 0 Å². The number of hydrogen-bond donors (Lipinski definition) is 0. The summed E-state index contributed by atoms with van der Waals surface area (Å²) in [6, 6.07) is -1.11. The van der Waals surface area contributed by atoms with E-state index in [2.05, 4.69) is 9.17 Å². The normalized spacial score (nSPS) is 19.0. The molecule has 0 spiro atoms. The fourth-order valence-electron chi connectivity index (χ4n) is 3.44. The van der Waals surface area contributed by atoms with Gasteiger partial charge >= 0.3 is 21.8 Å². The maximum Gasteiger partial charge on any atom is 0.534 e. The summed E-state index contributed by atoms with van der Waals surface area (Å²) in [5.41, 5.74) is -6.76. The molecule has 1 saturated heterocycles. The Bertz CT molecular complexity index is 1120. The van der Waals surface area contributed by atoms with Gasteiger partial charge in [-0.1, -0.05) is 13.3 Å². The SMILES string of the molecule is CCCC(C)(C)Oc1cc(OS(=O)(=O)C(F)(F)F)cc(N2CCN(S(C)(=O)=O)CC2C(F)(F)F)n1. The van der Waals surface area contributed by atoms with Gasteiger partial charge in [0.15, 0.2) is 5.75 Å². The number of anilines is 1. The van der Waals surface area contributed by atoms with Crippen LogP contribution in [0.4, 0.5) is 32.2 Å². The van der Waals surface area contributed by atoms with Crippen LogP contribution in [-0.4, -0.2) is 75.3 Å². The molecular weight excluding hydrogens is 532 g/mol. The monoisotopic (exact) mass is 557 g/mol. The molecule has 9 nitrogen and oxygen atoms in total. The van der Waals surface area contributed by atoms with Crippen molar-refractivity contribution < 1.29 is 52.1 Å². The second kappa shape index (κ2) is 9.80. The zero-order valence-corrected chi connectivity index (χ0v) is 20.8. The average Bonchev–Trinajstić information content (AvgIpc) is 2.64. The highest BCUT2D eigenvalue weighted by Gasteiger charge is 2.50. The van der Waals surface area contributed by atoms with Gasteiger partial charge in [0, 0.05) is 31.8 Å². The molecule has 0 aliphatic carbocycles. The van der Waals surface area contributed by atoms with Crippen molar-refractivity contribution in [1.29, 1.82) is 0 Å². The van der Waals surface area contributed by atoms with Crippen LogP contribution in [0.25, 0.3) is 0 Å². The lowest BCUT2D eigenvalue weighted by atomic mass is 10.0. The Morgan fingerprint density at radius 2 is 1.66 bits per heavy atom. The van der Waals surface area contributed by atoms with Crippen molar-refractivity contribution in [2.24, 2.45) is 0 Å². The van der Waals surface area contributed by atoms with Crippen LogP contribution in [0.15, 0.2) is 12.1 Å². The third-order valence-corrected chi connectivity index (χ3v) is 7.22. The Hall–Kier alpha value is -2.01. The summed E-state index contributed by atoms with van der Waals surface area (Å²) < 4.78 is 137. The highest BCUT2D eigenvalue weighted by atomic mass is 32.2. The van der Waals surface area contributed by atoms with E-state index in [1.54, 1.807) is 13.8 Å². The molecule has 1 aliphatic heterocycles. The smallest absolute Gasteiger partial charge is 0.471 e. The third kappa shape index (κ3) is 7.49.